The average molecular weight is 284 g/mol. The fraction of sp³-hybridized carbons (Fsp3) is 0.333. The minimum absolute atomic E-state index is 0.0787. The summed E-state index contributed by atoms with van der Waals surface area (Å²) in [5.41, 5.74) is 2.64. The molecule has 0 fully saturated rings. The lowest BCUT2D eigenvalue weighted by Crippen LogP contribution is -2.52. The van der Waals surface area contributed by atoms with E-state index in [1.165, 1.54) is 0 Å². The Morgan fingerprint density at radius 3 is 2.14 bits per heavy atom. The second-order valence-corrected chi connectivity index (χ2v) is 5.58. The first-order valence-electron chi connectivity index (χ1n) is 7.06. The summed E-state index contributed by atoms with van der Waals surface area (Å²) in [5.74, 6) is 0. The van der Waals surface area contributed by atoms with Gasteiger partial charge < -0.3 is 10.2 Å². The zero-order valence-corrected chi connectivity index (χ0v) is 12.6. The fourth-order valence-corrected chi connectivity index (χ4v) is 2.36. The molecule has 3 heteroatoms. The Bertz CT molecular complexity index is 545. The summed E-state index contributed by atoms with van der Waals surface area (Å²) in [7, 11) is 3.75. The van der Waals surface area contributed by atoms with Gasteiger partial charge in [-0.15, -0.1) is 0 Å². The Kier molecular flexibility index (Phi) is 5.12. The topological polar surface area (TPSA) is 43.7 Å². The maximum Gasteiger partial charge on any atom is 0.0708 e. The van der Waals surface area contributed by atoms with Crippen LogP contribution in [0.3, 0.4) is 0 Å². The van der Waals surface area contributed by atoms with Crippen molar-refractivity contribution in [1.82, 2.24) is 4.90 Å². The fourth-order valence-electron chi connectivity index (χ4n) is 2.36. The SMILES string of the molecule is CN(C)C(CO)(CO)Cc1ccc(-c2[c]cccc2)cc1. The van der Waals surface area contributed by atoms with Crippen LogP contribution >= 0.6 is 0 Å². The third kappa shape index (κ3) is 3.50. The van der Waals surface area contributed by atoms with Crippen LogP contribution in [-0.4, -0.2) is 48.0 Å². The van der Waals surface area contributed by atoms with Gasteiger partial charge in [0, 0.05) is 0 Å². The molecule has 0 amide bonds. The van der Waals surface area contributed by atoms with E-state index in [0.29, 0.717) is 6.42 Å². The molecule has 111 valence electrons. The Labute approximate surface area is 126 Å². The molecule has 1 radical (unpaired) electrons. The molecule has 0 unspecified atom stereocenters. The molecule has 3 nitrogen and oxygen atoms in total. The van der Waals surface area contributed by atoms with Crippen molar-refractivity contribution in [2.75, 3.05) is 27.3 Å². The van der Waals surface area contributed by atoms with Gasteiger partial charge in [-0.05, 0) is 43.3 Å². The van der Waals surface area contributed by atoms with Gasteiger partial charge in [-0.3, -0.25) is 4.90 Å². The van der Waals surface area contributed by atoms with Crippen molar-refractivity contribution >= 4 is 0 Å². The van der Waals surface area contributed by atoms with E-state index in [4.69, 9.17) is 0 Å². The highest BCUT2D eigenvalue weighted by molar-refractivity contribution is 5.62. The molecular weight excluding hydrogens is 262 g/mol. The zero-order valence-electron chi connectivity index (χ0n) is 12.6. The number of hydrogen-bond acceptors (Lipinski definition) is 3. The third-order valence-corrected chi connectivity index (χ3v) is 4.04. The second-order valence-electron chi connectivity index (χ2n) is 5.58. The number of nitrogens with zero attached hydrogens (tertiary/aromatic N) is 1. The minimum atomic E-state index is -0.625. The van der Waals surface area contributed by atoms with Gasteiger partial charge in [0.15, 0.2) is 0 Å². The number of aliphatic hydroxyl groups excluding tert-OH is 2. The molecule has 0 aromatic heterocycles. The monoisotopic (exact) mass is 284 g/mol. The first-order valence-corrected chi connectivity index (χ1v) is 7.06. The number of aliphatic hydroxyl groups is 2. The number of benzene rings is 2. The van der Waals surface area contributed by atoms with E-state index >= 15 is 0 Å². The molecule has 0 aliphatic heterocycles. The van der Waals surface area contributed by atoms with Crippen LogP contribution in [-0.2, 0) is 6.42 Å². The van der Waals surface area contributed by atoms with Crippen molar-refractivity contribution in [3.8, 4) is 11.1 Å². The molecule has 2 rings (SSSR count). The first kappa shape index (κ1) is 15.7. The molecule has 21 heavy (non-hydrogen) atoms. The summed E-state index contributed by atoms with van der Waals surface area (Å²) in [6, 6.07) is 19.3. The van der Waals surface area contributed by atoms with Gasteiger partial charge in [0.2, 0.25) is 0 Å². The number of likely N-dealkylation sites (N-methyl/N-ethyl adjacent to an activating group) is 1. The lowest BCUT2D eigenvalue weighted by molar-refractivity contribution is 0.0169. The quantitative estimate of drug-likeness (QED) is 0.852. The van der Waals surface area contributed by atoms with Crippen LogP contribution in [0.15, 0.2) is 48.5 Å². The van der Waals surface area contributed by atoms with Crippen LogP contribution in [0.2, 0.25) is 0 Å². The summed E-state index contributed by atoms with van der Waals surface area (Å²) < 4.78 is 0. The zero-order chi connectivity index (χ0) is 15.3. The third-order valence-electron chi connectivity index (χ3n) is 4.04. The molecule has 2 aromatic carbocycles. The van der Waals surface area contributed by atoms with E-state index in [1.807, 2.05) is 55.4 Å². The van der Waals surface area contributed by atoms with Crippen LogP contribution in [0, 0.1) is 6.07 Å². The Morgan fingerprint density at radius 1 is 1.00 bits per heavy atom. The van der Waals surface area contributed by atoms with Gasteiger partial charge in [0.05, 0.1) is 18.8 Å². The van der Waals surface area contributed by atoms with Crippen LogP contribution in [0.4, 0.5) is 0 Å². The predicted molar refractivity (Wildman–Crippen MR) is 85.0 cm³/mol. The molecule has 2 N–H and O–H groups in total. The van der Waals surface area contributed by atoms with E-state index in [2.05, 4.69) is 18.2 Å². The van der Waals surface area contributed by atoms with Crippen LogP contribution in [0.5, 0.6) is 0 Å². The minimum Gasteiger partial charge on any atom is -0.394 e. The van der Waals surface area contributed by atoms with Gasteiger partial charge in [-0.1, -0.05) is 48.5 Å². The van der Waals surface area contributed by atoms with E-state index in [-0.39, 0.29) is 13.2 Å². The van der Waals surface area contributed by atoms with Crippen molar-refractivity contribution < 1.29 is 10.2 Å². The highest BCUT2D eigenvalue weighted by Crippen LogP contribution is 2.22. The van der Waals surface area contributed by atoms with Crippen LogP contribution in [0.25, 0.3) is 11.1 Å². The lowest BCUT2D eigenvalue weighted by Gasteiger charge is -2.36. The average Bonchev–Trinajstić information content (AvgIpc) is 2.54. The second kappa shape index (κ2) is 6.85. The smallest absolute Gasteiger partial charge is 0.0708 e. The molecule has 0 saturated carbocycles. The summed E-state index contributed by atoms with van der Waals surface area (Å²) in [6.07, 6.45) is 0.603. The summed E-state index contributed by atoms with van der Waals surface area (Å²) in [4.78, 5) is 1.88. The number of rotatable bonds is 6. The van der Waals surface area contributed by atoms with Gasteiger partial charge in [-0.25, -0.2) is 0 Å². The van der Waals surface area contributed by atoms with Gasteiger partial charge in [0.25, 0.3) is 0 Å². The summed E-state index contributed by atoms with van der Waals surface area (Å²) in [6.45, 7) is -0.157. The molecule has 0 heterocycles. The van der Waals surface area contributed by atoms with Crippen molar-refractivity contribution in [3.05, 3.63) is 60.2 Å². The molecule has 0 spiro atoms. The molecule has 0 aliphatic carbocycles. The predicted octanol–water partition coefficient (Wildman–Crippen LogP) is 1.98. The van der Waals surface area contributed by atoms with Crippen LogP contribution < -0.4 is 0 Å². The highest BCUT2D eigenvalue weighted by atomic mass is 16.3. The summed E-state index contributed by atoms with van der Waals surface area (Å²) >= 11 is 0. The largest absolute Gasteiger partial charge is 0.394 e. The molecule has 0 saturated heterocycles. The van der Waals surface area contributed by atoms with Crippen LogP contribution in [0.1, 0.15) is 5.56 Å². The van der Waals surface area contributed by atoms with Gasteiger partial charge in [0.1, 0.15) is 0 Å². The van der Waals surface area contributed by atoms with E-state index < -0.39 is 5.54 Å². The van der Waals surface area contributed by atoms with Gasteiger partial charge in [-0.2, -0.15) is 0 Å². The summed E-state index contributed by atoms with van der Waals surface area (Å²) in [5, 5.41) is 19.3. The van der Waals surface area contributed by atoms with Crippen molar-refractivity contribution in [3.63, 3.8) is 0 Å². The maximum absolute atomic E-state index is 9.63. The molecule has 0 bridgehead atoms. The standard InChI is InChI=1S/C18H22NO2/c1-19(2)18(13-20,14-21)12-15-8-10-17(11-9-15)16-6-4-3-5-7-16/h3-6,8-11,20-21H,12-14H2,1-2H3. The normalized spacial score (nSPS) is 11.9. The van der Waals surface area contributed by atoms with E-state index in [1.54, 1.807) is 0 Å². The van der Waals surface area contributed by atoms with E-state index in [0.717, 1.165) is 16.7 Å². The lowest BCUT2D eigenvalue weighted by atomic mass is 9.90. The Balaban J connectivity index is 2.19. The Hall–Kier alpha value is -1.68. The van der Waals surface area contributed by atoms with Crippen molar-refractivity contribution in [2.24, 2.45) is 0 Å². The van der Waals surface area contributed by atoms with Crippen molar-refractivity contribution in [1.29, 1.82) is 0 Å². The molecule has 2 aromatic rings. The molecular formula is C18H22NO2. The first-order chi connectivity index (χ1) is 10.1. The highest BCUT2D eigenvalue weighted by Gasteiger charge is 2.31. The Morgan fingerprint density at radius 2 is 1.67 bits per heavy atom. The van der Waals surface area contributed by atoms with Gasteiger partial charge >= 0.3 is 0 Å². The number of hydrogen-bond donors (Lipinski definition) is 2. The maximum atomic E-state index is 9.63. The molecule has 0 aliphatic rings. The van der Waals surface area contributed by atoms with E-state index in [9.17, 15) is 10.2 Å². The molecule has 0 atom stereocenters. The van der Waals surface area contributed by atoms with Crippen molar-refractivity contribution in [2.45, 2.75) is 12.0 Å².